The van der Waals surface area contributed by atoms with E-state index in [0.717, 1.165) is 12.1 Å². The number of aryl methyl sites for hydroxylation is 1. The zero-order valence-electron chi connectivity index (χ0n) is 10.6. The molecule has 0 saturated carbocycles. The third kappa shape index (κ3) is 5.24. The fourth-order valence-corrected chi connectivity index (χ4v) is 1.43. The van der Waals surface area contributed by atoms with Crippen LogP contribution >= 0.6 is 0 Å². The molecule has 1 atom stereocenters. The van der Waals surface area contributed by atoms with Crippen LogP contribution in [-0.2, 0) is 22.7 Å². The largest absolute Gasteiger partial charge is 0.480 e. The van der Waals surface area contributed by atoms with Gasteiger partial charge in [0.15, 0.2) is 0 Å². The van der Waals surface area contributed by atoms with E-state index in [-0.39, 0.29) is 0 Å². The van der Waals surface area contributed by atoms with Crippen molar-refractivity contribution < 1.29 is 14.6 Å². The van der Waals surface area contributed by atoms with Crippen molar-refractivity contribution in [3.8, 4) is 0 Å². The highest BCUT2D eigenvalue weighted by Crippen LogP contribution is 2.01. The number of hydrogen-bond donors (Lipinski definition) is 2. The first-order chi connectivity index (χ1) is 8.63. The lowest BCUT2D eigenvalue weighted by Crippen LogP contribution is -2.30. The molecule has 3 N–H and O–H groups in total. The summed E-state index contributed by atoms with van der Waals surface area (Å²) in [4.78, 5) is 10.5. The van der Waals surface area contributed by atoms with Gasteiger partial charge in [0.1, 0.15) is 11.7 Å². The Balaban J connectivity index is 2.24. The topological polar surface area (TPSA) is 103 Å². The summed E-state index contributed by atoms with van der Waals surface area (Å²) in [6, 6.07) is -0.805. The summed E-state index contributed by atoms with van der Waals surface area (Å²) in [7, 11) is 0. The summed E-state index contributed by atoms with van der Waals surface area (Å²) in [5.41, 5.74) is 6.19. The summed E-state index contributed by atoms with van der Waals surface area (Å²) in [6.07, 6.45) is 3.87. The minimum Gasteiger partial charge on any atom is -0.480 e. The average molecular weight is 256 g/mol. The van der Waals surface area contributed by atoms with E-state index in [4.69, 9.17) is 15.6 Å². The lowest BCUT2D eigenvalue weighted by atomic mass is 10.2. The number of ether oxygens (including phenoxy) is 1. The summed E-state index contributed by atoms with van der Waals surface area (Å²) in [5, 5.41) is 16.5. The van der Waals surface area contributed by atoms with E-state index < -0.39 is 12.0 Å². The van der Waals surface area contributed by atoms with Gasteiger partial charge < -0.3 is 15.6 Å². The molecule has 7 heteroatoms. The molecule has 7 nitrogen and oxygen atoms in total. The minimum atomic E-state index is -0.970. The molecule has 0 aliphatic heterocycles. The summed E-state index contributed by atoms with van der Waals surface area (Å²) in [6.45, 7) is 3.83. The third-order valence-corrected chi connectivity index (χ3v) is 2.40. The van der Waals surface area contributed by atoms with E-state index in [9.17, 15) is 4.79 Å². The smallest absolute Gasteiger partial charge is 0.320 e. The molecule has 1 rings (SSSR count). The number of aliphatic carboxylic acids is 1. The minimum absolute atomic E-state index is 0.427. The molecule has 0 aliphatic carbocycles. The SMILES string of the molecule is CCCOCc1cn(CCCC(N)C(=O)O)nn1. The van der Waals surface area contributed by atoms with Crippen molar-refractivity contribution >= 4 is 5.97 Å². The maximum Gasteiger partial charge on any atom is 0.320 e. The van der Waals surface area contributed by atoms with Gasteiger partial charge in [0.05, 0.1) is 12.8 Å². The summed E-state index contributed by atoms with van der Waals surface area (Å²) >= 11 is 0. The lowest BCUT2D eigenvalue weighted by molar-refractivity contribution is -0.138. The maximum atomic E-state index is 10.5. The van der Waals surface area contributed by atoms with Gasteiger partial charge in [0.2, 0.25) is 0 Å². The van der Waals surface area contributed by atoms with E-state index in [1.807, 2.05) is 13.1 Å². The molecule has 0 spiro atoms. The van der Waals surface area contributed by atoms with E-state index in [1.54, 1.807) is 4.68 Å². The Morgan fingerprint density at radius 3 is 3.11 bits per heavy atom. The van der Waals surface area contributed by atoms with Crippen LogP contribution in [0, 0.1) is 0 Å². The van der Waals surface area contributed by atoms with Crippen molar-refractivity contribution in [3.63, 3.8) is 0 Å². The van der Waals surface area contributed by atoms with Gasteiger partial charge in [-0.2, -0.15) is 0 Å². The first kappa shape index (κ1) is 14.6. The predicted molar refractivity (Wildman–Crippen MR) is 64.8 cm³/mol. The number of nitrogens with zero attached hydrogens (tertiary/aromatic N) is 3. The summed E-state index contributed by atoms with van der Waals surface area (Å²) < 4.78 is 7.02. The molecule has 0 amide bonds. The Kier molecular flexibility index (Phi) is 6.31. The first-order valence-corrected chi connectivity index (χ1v) is 6.08. The molecule has 18 heavy (non-hydrogen) atoms. The van der Waals surface area contributed by atoms with Crippen molar-refractivity contribution in [2.45, 2.75) is 45.4 Å². The Hall–Kier alpha value is -1.47. The highest BCUT2D eigenvalue weighted by Gasteiger charge is 2.10. The molecule has 0 bridgehead atoms. The predicted octanol–water partition coefficient (Wildman–Crippen LogP) is 0.397. The molecule has 0 radical (unpaired) electrons. The molecule has 0 fully saturated rings. The molecular weight excluding hydrogens is 236 g/mol. The zero-order chi connectivity index (χ0) is 13.4. The highest BCUT2D eigenvalue weighted by atomic mass is 16.5. The number of rotatable bonds is 9. The number of carboxylic acid groups (broad SMARTS) is 1. The average Bonchev–Trinajstić information content (AvgIpc) is 2.77. The standard InChI is InChI=1S/C11H20N4O3/c1-2-6-18-8-9-7-15(14-13-9)5-3-4-10(12)11(16)17/h7,10H,2-6,8,12H2,1H3,(H,16,17). The second-order valence-corrected chi connectivity index (χ2v) is 4.11. The molecule has 1 heterocycles. The number of carboxylic acids is 1. The zero-order valence-corrected chi connectivity index (χ0v) is 10.6. The van der Waals surface area contributed by atoms with Crippen LogP contribution in [-0.4, -0.2) is 38.7 Å². The molecular formula is C11H20N4O3. The van der Waals surface area contributed by atoms with Crippen molar-refractivity contribution in [2.24, 2.45) is 5.73 Å². The first-order valence-electron chi connectivity index (χ1n) is 6.08. The molecule has 1 aromatic heterocycles. The fourth-order valence-electron chi connectivity index (χ4n) is 1.43. The van der Waals surface area contributed by atoms with Crippen LogP contribution < -0.4 is 5.73 Å². The van der Waals surface area contributed by atoms with E-state index >= 15 is 0 Å². The number of nitrogens with two attached hydrogens (primary N) is 1. The van der Waals surface area contributed by atoms with Gasteiger partial charge in [-0.1, -0.05) is 12.1 Å². The molecule has 0 saturated heterocycles. The van der Waals surface area contributed by atoms with Crippen LogP contribution in [0.25, 0.3) is 0 Å². The number of aromatic nitrogens is 3. The molecule has 1 unspecified atom stereocenters. The molecule has 0 aromatic carbocycles. The fraction of sp³-hybridized carbons (Fsp3) is 0.727. The van der Waals surface area contributed by atoms with Crippen LogP contribution in [0.15, 0.2) is 6.20 Å². The Bertz CT molecular complexity index is 367. The van der Waals surface area contributed by atoms with Gasteiger partial charge in [-0.25, -0.2) is 0 Å². The summed E-state index contributed by atoms with van der Waals surface area (Å²) in [5.74, 6) is -0.970. The van der Waals surface area contributed by atoms with Crippen molar-refractivity contribution in [2.75, 3.05) is 6.61 Å². The molecule has 1 aromatic rings. The second-order valence-electron chi connectivity index (χ2n) is 4.11. The van der Waals surface area contributed by atoms with Crippen LogP contribution in [0.4, 0.5) is 0 Å². The lowest BCUT2D eigenvalue weighted by Gasteiger charge is -2.05. The highest BCUT2D eigenvalue weighted by molar-refractivity contribution is 5.72. The Morgan fingerprint density at radius 2 is 2.44 bits per heavy atom. The maximum absolute atomic E-state index is 10.5. The van der Waals surface area contributed by atoms with Crippen molar-refractivity contribution in [3.05, 3.63) is 11.9 Å². The van der Waals surface area contributed by atoms with Crippen molar-refractivity contribution in [1.82, 2.24) is 15.0 Å². The van der Waals surface area contributed by atoms with Gasteiger partial charge >= 0.3 is 5.97 Å². The van der Waals surface area contributed by atoms with Crippen LogP contribution in [0.2, 0.25) is 0 Å². The molecule has 0 aliphatic rings. The van der Waals surface area contributed by atoms with Crippen LogP contribution in [0.5, 0.6) is 0 Å². The van der Waals surface area contributed by atoms with Gasteiger partial charge in [-0.05, 0) is 19.3 Å². The van der Waals surface area contributed by atoms with Gasteiger partial charge in [-0.3, -0.25) is 9.48 Å². The van der Waals surface area contributed by atoms with Gasteiger partial charge in [0.25, 0.3) is 0 Å². The number of hydrogen-bond acceptors (Lipinski definition) is 5. The normalized spacial score (nSPS) is 12.6. The van der Waals surface area contributed by atoms with E-state index in [1.165, 1.54) is 0 Å². The van der Waals surface area contributed by atoms with Crippen LogP contribution in [0.3, 0.4) is 0 Å². The van der Waals surface area contributed by atoms with E-state index in [0.29, 0.717) is 32.6 Å². The van der Waals surface area contributed by atoms with Gasteiger partial charge in [0, 0.05) is 13.2 Å². The Labute approximate surface area is 106 Å². The van der Waals surface area contributed by atoms with E-state index in [2.05, 4.69) is 10.3 Å². The van der Waals surface area contributed by atoms with Crippen LogP contribution in [0.1, 0.15) is 31.9 Å². The Morgan fingerprint density at radius 1 is 1.67 bits per heavy atom. The monoisotopic (exact) mass is 256 g/mol. The molecule has 102 valence electrons. The third-order valence-electron chi connectivity index (χ3n) is 2.40. The quantitative estimate of drug-likeness (QED) is 0.620. The van der Waals surface area contributed by atoms with Crippen molar-refractivity contribution in [1.29, 1.82) is 0 Å². The second kappa shape index (κ2) is 7.78. The van der Waals surface area contributed by atoms with Gasteiger partial charge in [-0.15, -0.1) is 5.10 Å². The number of carbonyl (C=O) groups is 1.